The van der Waals surface area contributed by atoms with Crippen LogP contribution in [0.1, 0.15) is 18.5 Å². The van der Waals surface area contributed by atoms with E-state index in [0.29, 0.717) is 5.88 Å². The van der Waals surface area contributed by atoms with Crippen molar-refractivity contribution >= 4 is 11.9 Å². The van der Waals surface area contributed by atoms with Crippen LogP contribution in [0.4, 0.5) is 10.7 Å². The second-order valence-electron chi connectivity index (χ2n) is 3.97. The number of nitrogens with one attached hydrogen (secondary N) is 2. The van der Waals surface area contributed by atoms with E-state index in [1.165, 1.54) is 6.20 Å². The van der Waals surface area contributed by atoms with Gasteiger partial charge in [0.2, 0.25) is 5.88 Å². The Morgan fingerprint density at radius 1 is 1.32 bits per heavy atom. The van der Waals surface area contributed by atoms with Gasteiger partial charge in [-0.25, -0.2) is 4.79 Å². The molecule has 0 saturated carbocycles. The largest absolute Gasteiger partial charge is 0.497 e. The molecule has 2 N–H and O–H groups in total. The monoisotopic (exact) mass is 261 g/mol. The van der Waals surface area contributed by atoms with Gasteiger partial charge in [-0.15, -0.1) is 0 Å². The predicted molar refractivity (Wildman–Crippen MR) is 70.1 cm³/mol. The van der Waals surface area contributed by atoms with Crippen LogP contribution < -0.4 is 15.4 Å². The summed E-state index contributed by atoms with van der Waals surface area (Å²) >= 11 is 0. The van der Waals surface area contributed by atoms with E-state index in [9.17, 15) is 4.79 Å². The summed E-state index contributed by atoms with van der Waals surface area (Å²) in [7, 11) is 1.61. The summed E-state index contributed by atoms with van der Waals surface area (Å²) in [5.41, 5.74) is 0.980. The third-order valence-electron chi connectivity index (χ3n) is 2.64. The Morgan fingerprint density at radius 2 is 2.05 bits per heavy atom. The molecular formula is C13H15N3O3. The fourth-order valence-electron chi connectivity index (χ4n) is 1.60. The van der Waals surface area contributed by atoms with E-state index in [-0.39, 0.29) is 12.1 Å². The zero-order valence-corrected chi connectivity index (χ0v) is 10.7. The number of carbonyl (C=O) groups is 1. The summed E-state index contributed by atoms with van der Waals surface area (Å²) in [5.74, 6) is 1.08. The van der Waals surface area contributed by atoms with Crippen LogP contribution in [0.15, 0.2) is 41.1 Å². The molecule has 1 unspecified atom stereocenters. The van der Waals surface area contributed by atoms with Crippen LogP contribution in [0.2, 0.25) is 0 Å². The number of anilines is 1. The van der Waals surface area contributed by atoms with Crippen LogP contribution in [0.3, 0.4) is 0 Å². The summed E-state index contributed by atoms with van der Waals surface area (Å²) in [6.45, 7) is 1.89. The van der Waals surface area contributed by atoms with Gasteiger partial charge in [-0.3, -0.25) is 5.32 Å². The first-order chi connectivity index (χ1) is 9.19. The van der Waals surface area contributed by atoms with Crippen LogP contribution in [0, 0.1) is 0 Å². The van der Waals surface area contributed by atoms with E-state index in [2.05, 4.69) is 15.8 Å². The van der Waals surface area contributed by atoms with Gasteiger partial charge in [0.15, 0.2) is 0 Å². The zero-order valence-electron chi connectivity index (χ0n) is 10.7. The lowest BCUT2D eigenvalue weighted by Crippen LogP contribution is -2.30. The van der Waals surface area contributed by atoms with E-state index >= 15 is 0 Å². The molecule has 0 aliphatic rings. The highest BCUT2D eigenvalue weighted by Crippen LogP contribution is 2.17. The summed E-state index contributed by atoms with van der Waals surface area (Å²) in [6, 6.07) is 8.59. The molecule has 0 spiro atoms. The highest BCUT2D eigenvalue weighted by Gasteiger charge is 2.10. The number of hydrogen-bond acceptors (Lipinski definition) is 4. The lowest BCUT2D eigenvalue weighted by atomic mass is 10.1. The van der Waals surface area contributed by atoms with Crippen molar-refractivity contribution in [1.29, 1.82) is 0 Å². The minimum Gasteiger partial charge on any atom is -0.497 e. The molecule has 1 atom stereocenters. The molecule has 6 heteroatoms. The van der Waals surface area contributed by atoms with Gasteiger partial charge in [-0.1, -0.05) is 17.3 Å². The molecule has 1 aromatic heterocycles. The van der Waals surface area contributed by atoms with Gasteiger partial charge < -0.3 is 14.6 Å². The number of hydrogen-bond donors (Lipinski definition) is 2. The number of carbonyl (C=O) groups excluding carboxylic acids is 1. The van der Waals surface area contributed by atoms with Crippen molar-refractivity contribution in [3.05, 3.63) is 42.1 Å². The molecule has 0 bridgehead atoms. The Hall–Kier alpha value is -2.50. The molecular weight excluding hydrogens is 246 g/mol. The van der Waals surface area contributed by atoms with E-state index in [1.807, 2.05) is 31.2 Å². The van der Waals surface area contributed by atoms with Gasteiger partial charge in [0, 0.05) is 6.07 Å². The first-order valence-corrected chi connectivity index (χ1v) is 5.81. The lowest BCUT2D eigenvalue weighted by Gasteiger charge is -2.14. The van der Waals surface area contributed by atoms with E-state index < -0.39 is 0 Å². The smallest absolute Gasteiger partial charge is 0.322 e. The lowest BCUT2D eigenvalue weighted by molar-refractivity contribution is 0.248. The second-order valence-corrected chi connectivity index (χ2v) is 3.97. The molecule has 19 heavy (non-hydrogen) atoms. The van der Waals surface area contributed by atoms with Crippen LogP contribution in [-0.2, 0) is 0 Å². The Morgan fingerprint density at radius 3 is 2.63 bits per heavy atom. The van der Waals surface area contributed by atoms with Gasteiger partial charge >= 0.3 is 6.03 Å². The predicted octanol–water partition coefficient (Wildman–Crippen LogP) is 2.57. The van der Waals surface area contributed by atoms with E-state index in [4.69, 9.17) is 9.26 Å². The normalized spacial score (nSPS) is 11.7. The summed E-state index contributed by atoms with van der Waals surface area (Å²) < 4.78 is 9.86. The number of amides is 2. The van der Waals surface area contributed by atoms with Crippen LogP contribution in [0.5, 0.6) is 5.75 Å². The van der Waals surface area contributed by atoms with Crippen molar-refractivity contribution in [3.63, 3.8) is 0 Å². The van der Waals surface area contributed by atoms with Gasteiger partial charge in [0.25, 0.3) is 0 Å². The molecule has 2 aromatic rings. The molecule has 0 aliphatic carbocycles. The Bertz CT molecular complexity index is 523. The highest BCUT2D eigenvalue weighted by molar-refractivity contribution is 5.87. The van der Waals surface area contributed by atoms with Crippen molar-refractivity contribution in [3.8, 4) is 5.75 Å². The maximum absolute atomic E-state index is 11.7. The standard InChI is InChI=1S/C13H15N3O3/c1-9(10-3-5-11(18-2)6-4-10)15-13(17)16-12-7-8-14-19-12/h3-9H,1-2H3,(H2,15,16,17). The third kappa shape index (κ3) is 3.48. The molecule has 0 radical (unpaired) electrons. The van der Waals surface area contributed by atoms with Crippen LogP contribution in [0.25, 0.3) is 0 Å². The molecule has 2 rings (SSSR count). The first kappa shape index (κ1) is 12.9. The average molecular weight is 261 g/mol. The minimum atomic E-state index is -0.347. The molecule has 2 amide bonds. The third-order valence-corrected chi connectivity index (χ3v) is 2.64. The van der Waals surface area contributed by atoms with Crippen molar-refractivity contribution < 1.29 is 14.1 Å². The molecule has 0 aliphatic heterocycles. The average Bonchev–Trinajstić information content (AvgIpc) is 2.91. The second kappa shape index (κ2) is 5.90. The van der Waals surface area contributed by atoms with Crippen molar-refractivity contribution in [2.45, 2.75) is 13.0 Å². The van der Waals surface area contributed by atoms with Gasteiger partial charge in [0.05, 0.1) is 19.3 Å². The van der Waals surface area contributed by atoms with Crippen molar-refractivity contribution in [2.24, 2.45) is 0 Å². The van der Waals surface area contributed by atoms with E-state index in [1.54, 1.807) is 13.2 Å². The van der Waals surface area contributed by atoms with Gasteiger partial charge in [-0.05, 0) is 24.6 Å². The number of rotatable bonds is 4. The van der Waals surface area contributed by atoms with Crippen molar-refractivity contribution in [1.82, 2.24) is 10.5 Å². The van der Waals surface area contributed by atoms with Gasteiger partial charge in [0.1, 0.15) is 5.75 Å². The highest BCUT2D eigenvalue weighted by atomic mass is 16.5. The molecule has 100 valence electrons. The number of urea groups is 1. The van der Waals surface area contributed by atoms with Crippen LogP contribution >= 0.6 is 0 Å². The Labute approximate surface area is 110 Å². The fraction of sp³-hybridized carbons (Fsp3) is 0.231. The molecule has 1 heterocycles. The zero-order chi connectivity index (χ0) is 13.7. The maximum Gasteiger partial charge on any atom is 0.322 e. The van der Waals surface area contributed by atoms with Gasteiger partial charge in [-0.2, -0.15) is 0 Å². The number of ether oxygens (including phenoxy) is 1. The summed E-state index contributed by atoms with van der Waals surface area (Å²) in [6.07, 6.45) is 1.46. The number of benzene rings is 1. The number of aromatic nitrogens is 1. The molecule has 1 aromatic carbocycles. The first-order valence-electron chi connectivity index (χ1n) is 5.81. The molecule has 6 nitrogen and oxygen atoms in total. The maximum atomic E-state index is 11.7. The molecule has 0 fully saturated rings. The molecule has 0 saturated heterocycles. The Kier molecular flexibility index (Phi) is 4.02. The number of nitrogens with zero attached hydrogens (tertiary/aromatic N) is 1. The quantitative estimate of drug-likeness (QED) is 0.886. The fourth-order valence-corrected chi connectivity index (χ4v) is 1.60. The minimum absolute atomic E-state index is 0.131. The Balaban J connectivity index is 1.92. The topological polar surface area (TPSA) is 76.4 Å². The SMILES string of the molecule is COc1ccc(C(C)NC(=O)Nc2ccno2)cc1. The number of methoxy groups -OCH3 is 1. The van der Waals surface area contributed by atoms with Crippen LogP contribution in [-0.4, -0.2) is 18.3 Å². The summed E-state index contributed by atoms with van der Waals surface area (Å²) in [5, 5.41) is 8.83. The van der Waals surface area contributed by atoms with Crippen molar-refractivity contribution in [2.75, 3.05) is 12.4 Å². The summed E-state index contributed by atoms with van der Waals surface area (Å²) in [4.78, 5) is 11.7. The van der Waals surface area contributed by atoms with E-state index in [0.717, 1.165) is 11.3 Å².